The number of Topliss-reactive ketones (excluding diaryl/α,β-unsaturated/α-hetero) is 1. The van der Waals surface area contributed by atoms with E-state index in [4.69, 9.17) is 17.2 Å². The van der Waals surface area contributed by atoms with E-state index in [0.29, 0.717) is 46.3 Å². The second kappa shape index (κ2) is 16.7. The molecule has 0 heterocycles. The number of allylic oxidation sites excluding steroid dienone is 1. The Labute approximate surface area is 346 Å². The van der Waals surface area contributed by atoms with Crippen molar-refractivity contribution < 1.29 is 48.5 Å². The number of carbonyl (C=O) groups is 2. The molecule has 61 heavy (non-hydrogen) atoms. The highest BCUT2D eigenvalue weighted by molar-refractivity contribution is 7.91. The minimum absolute atomic E-state index is 0.131. The minimum atomic E-state index is -5.26. The van der Waals surface area contributed by atoms with Gasteiger partial charge in [-0.2, -0.15) is 40.6 Å². The Bertz CT molecular complexity index is 3100. The van der Waals surface area contributed by atoms with Crippen LogP contribution in [0.1, 0.15) is 22.8 Å². The van der Waals surface area contributed by atoms with Crippen LogP contribution in [0.3, 0.4) is 0 Å². The molecule has 0 saturated heterocycles. The molecule has 5 aromatic carbocycles. The topological polar surface area (TPSA) is 373 Å². The predicted molar refractivity (Wildman–Crippen MR) is 226 cm³/mol. The lowest BCUT2D eigenvalue weighted by atomic mass is 9.92. The van der Waals surface area contributed by atoms with Gasteiger partial charge in [-0.1, -0.05) is 0 Å². The molecular formula is C36H31N11O11S3. The van der Waals surface area contributed by atoms with Crippen LogP contribution in [0.2, 0.25) is 0 Å². The van der Waals surface area contributed by atoms with Crippen molar-refractivity contribution in [2.45, 2.75) is 16.7 Å². The Morgan fingerprint density at radius 1 is 0.656 bits per heavy atom. The maximum absolute atomic E-state index is 13.8. The molecule has 1 aliphatic rings. The van der Waals surface area contributed by atoms with Gasteiger partial charge in [0.05, 0.1) is 39.7 Å². The van der Waals surface area contributed by atoms with Gasteiger partial charge in [0.25, 0.3) is 30.4 Å². The minimum Gasteiger partial charge on any atom is -0.399 e. The van der Waals surface area contributed by atoms with Crippen molar-refractivity contribution in [3.63, 3.8) is 0 Å². The van der Waals surface area contributed by atoms with Gasteiger partial charge in [0.15, 0.2) is 5.71 Å². The monoisotopic (exact) mass is 889 g/mol. The number of hydrazone groups is 1. The molecule has 22 nitrogen and oxygen atoms in total. The third-order valence-corrected chi connectivity index (χ3v) is 11.0. The highest BCUT2D eigenvalue weighted by Gasteiger charge is 2.37. The first-order valence-electron chi connectivity index (χ1n) is 16.9. The number of fused-ring (bicyclic) bond motifs is 1. The standard InChI is InChI=1S/C36H31N11O11S3/c1-18(48)40-21-3-7-24(8-4-21)43-47-35-31(61(56,57)58)15-19-14-30(60(53,54)55)34(33(39)32(19)36(35)49)46-44-25-11-13-28(29(17-25)59(50,51)52)41-22-5-9-23(10-6-22)42-45-27-12-2-20(37)16-26(27)38/h2-17,41,43H,37-39H2,1H3,(H,40,48)(H,50,51,52)(H,53,54,55)(H,56,57,58)/b45-42?,46-44?,47-35+. The largest absolute Gasteiger partial charge is 0.399 e. The molecule has 1 amide bonds. The van der Waals surface area contributed by atoms with Gasteiger partial charge in [0, 0.05) is 24.0 Å². The predicted octanol–water partition coefficient (Wildman–Crippen LogP) is 6.35. The van der Waals surface area contributed by atoms with E-state index in [9.17, 15) is 48.5 Å². The summed E-state index contributed by atoms with van der Waals surface area (Å²) in [6, 6.07) is 20.6. The van der Waals surface area contributed by atoms with E-state index in [2.05, 4.69) is 41.6 Å². The fraction of sp³-hybridized carbons (Fsp3) is 0.0278. The first-order chi connectivity index (χ1) is 28.6. The van der Waals surface area contributed by atoms with Gasteiger partial charge in [0.1, 0.15) is 26.1 Å². The van der Waals surface area contributed by atoms with Gasteiger partial charge in [-0.15, -0.1) is 10.2 Å². The number of ketones is 1. The third-order valence-electron chi connectivity index (χ3n) is 8.33. The molecule has 5 aromatic rings. The van der Waals surface area contributed by atoms with Crippen molar-refractivity contribution in [2.24, 2.45) is 25.6 Å². The number of rotatable bonds is 12. The summed E-state index contributed by atoms with van der Waals surface area (Å²) in [6.45, 7) is 1.29. The lowest BCUT2D eigenvalue weighted by Gasteiger charge is -2.20. The van der Waals surface area contributed by atoms with E-state index in [1.807, 2.05) is 0 Å². The zero-order valence-electron chi connectivity index (χ0n) is 31.0. The van der Waals surface area contributed by atoms with Gasteiger partial charge in [0.2, 0.25) is 11.7 Å². The van der Waals surface area contributed by atoms with Crippen LogP contribution in [0.25, 0.3) is 6.08 Å². The molecule has 314 valence electrons. The zero-order valence-corrected chi connectivity index (χ0v) is 33.5. The van der Waals surface area contributed by atoms with Gasteiger partial charge in [-0.3, -0.25) is 28.7 Å². The van der Waals surface area contributed by atoms with Crippen LogP contribution >= 0.6 is 0 Å². The summed E-state index contributed by atoms with van der Waals surface area (Å²) in [5.41, 5.74) is 18.9. The molecule has 0 bridgehead atoms. The van der Waals surface area contributed by atoms with E-state index in [0.717, 1.165) is 6.07 Å². The van der Waals surface area contributed by atoms with E-state index < -0.39 is 79.0 Å². The Balaban J connectivity index is 1.33. The highest BCUT2D eigenvalue weighted by atomic mass is 32.2. The average Bonchev–Trinajstić information content (AvgIpc) is 3.16. The van der Waals surface area contributed by atoms with Crippen molar-refractivity contribution in [1.29, 1.82) is 0 Å². The molecule has 0 aromatic heterocycles. The molecule has 0 aliphatic heterocycles. The molecule has 0 atom stereocenters. The summed E-state index contributed by atoms with van der Waals surface area (Å²) in [7, 11) is -15.4. The number of anilines is 7. The van der Waals surface area contributed by atoms with E-state index in [1.165, 1.54) is 61.5 Å². The second-order valence-electron chi connectivity index (χ2n) is 12.8. The highest BCUT2D eigenvalue weighted by Crippen LogP contribution is 2.41. The molecule has 1 aliphatic carbocycles. The summed E-state index contributed by atoms with van der Waals surface area (Å²) in [6.07, 6.45) is 0.693. The summed E-state index contributed by atoms with van der Waals surface area (Å²) in [5, 5.41) is 25.1. The number of azo groups is 2. The van der Waals surface area contributed by atoms with Crippen LogP contribution in [-0.4, -0.2) is 56.3 Å². The third kappa shape index (κ3) is 10.1. The zero-order chi connectivity index (χ0) is 44.4. The Morgan fingerprint density at radius 3 is 1.87 bits per heavy atom. The van der Waals surface area contributed by atoms with Gasteiger partial charge < -0.3 is 27.8 Å². The number of benzene rings is 5. The van der Waals surface area contributed by atoms with Crippen molar-refractivity contribution in [2.75, 3.05) is 33.3 Å². The normalized spacial score (nSPS) is 13.9. The Kier molecular flexibility index (Phi) is 11.8. The fourth-order valence-corrected chi connectivity index (χ4v) is 7.59. The van der Waals surface area contributed by atoms with Crippen LogP contribution < -0.4 is 33.3 Å². The smallest absolute Gasteiger partial charge is 0.296 e. The molecule has 0 radical (unpaired) electrons. The van der Waals surface area contributed by atoms with Crippen molar-refractivity contribution >= 4 is 116 Å². The number of nitrogens with zero attached hydrogens (tertiary/aromatic N) is 5. The number of hydrogen-bond donors (Lipinski definition) is 9. The van der Waals surface area contributed by atoms with E-state index in [1.54, 1.807) is 24.3 Å². The molecule has 0 unspecified atom stereocenters. The first kappa shape index (κ1) is 43.2. The molecule has 25 heteroatoms. The van der Waals surface area contributed by atoms with Gasteiger partial charge in [-0.25, -0.2) is 0 Å². The maximum atomic E-state index is 13.8. The lowest BCUT2D eigenvalue weighted by molar-refractivity contribution is -0.114. The molecule has 6 rings (SSSR count). The van der Waals surface area contributed by atoms with Crippen molar-refractivity contribution in [3.8, 4) is 0 Å². The SMILES string of the molecule is CC(=O)Nc1ccc(N/N=C2/C(=O)c3c(cc(S(=O)(=O)O)c(N=Nc4ccc(Nc5ccc(N=Nc6ccc(N)cc6N)cc5)c(S(=O)(=O)O)c4)c3N)C=C2S(=O)(=O)O)cc1. The van der Waals surface area contributed by atoms with Crippen molar-refractivity contribution in [3.05, 3.63) is 107 Å². The lowest BCUT2D eigenvalue weighted by Crippen LogP contribution is -2.28. The molecule has 0 saturated carbocycles. The van der Waals surface area contributed by atoms with Crippen LogP contribution in [0.5, 0.6) is 0 Å². The fourth-order valence-electron chi connectivity index (χ4n) is 5.59. The Morgan fingerprint density at radius 2 is 1.26 bits per heavy atom. The van der Waals surface area contributed by atoms with E-state index in [-0.39, 0.29) is 23.0 Å². The van der Waals surface area contributed by atoms with Crippen LogP contribution in [0.4, 0.5) is 62.6 Å². The van der Waals surface area contributed by atoms with Crippen LogP contribution in [0, 0.1) is 0 Å². The van der Waals surface area contributed by atoms with E-state index >= 15 is 0 Å². The first-order valence-corrected chi connectivity index (χ1v) is 21.3. The maximum Gasteiger partial charge on any atom is 0.296 e. The Hall–Kier alpha value is -7.42. The number of nitrogen functional groups attached to an aromatic ring is 3. The molecule has 0 fully saturated rings. The van der Waals surface area contributed by atoms with Gasteiger partial charge >= 0.3 is 0 Å². The van der Waals surface area contributed by atoms with Gasteiger partial charge in [-0.05, 0) is 103 Å². The quantitative estimate of drug-likeness (QED) is 0.0285. The molecule has 0 spiro atoms. The van der Waals surface area contributed by atoms with Crippen LogP contribution in [-0.2, 0) is 35.1 Å². The number of amides is 1. The summed E-state index contributed by atoms with van der Waals surface area (Å²) in [5.74, 6) is -1.59. The number of nitrogens with two attached hydrogens (primary N) is 3. The number of carbonyl (C=O) groups excluding carboxylic acids is 2. The number of nitrogens with one attached hydrogen (secondary N) is 3. The van der Waals surface area contributed by atoms with Crippen molar-refractivity contribution in [1.82, 2.24) is 0 Å². The van der Waals surface area contributed by atoms with Crippen LogP contribution in [0.15, 0.2) is 131 Å². The number of hydrogen-bond acceptors (Lipinski definition) is 18. The molecular weight excluding hydrogens is 859 g/mol. The average molecular weight is 890 g/mol. The second-order valence-corrected chi connectivity index (χ2v) is 16.9. The summed E-state index contributed by atoms with van der Waals surface area (Å²) >= 11 is 0. The summed E-state index contributed by atoms with van der Waals surface area (Å²) in [4.78, 5) is 22.4. The molecule has 12 N–H and O–H groups in total. The summed E-state index contributed by atoms with van der Waals surface area (Å²) < 4.78 is 105.